The maximum Gasteiger partial charge on any atom is 0.335 e. The molecule has 5 rings (SSSR count). The Kier molecular flexibility index (Phi) is 6.08. The molecular formula is C27H22N2O6. The molecule has 2 aromatic carbocycles. The van der Waals surface area contributed by atoms with Crippen molar-refractivity contribution in [3.8, 4) is 40.0 Å². The van der Waals surface area contributed by atoms with E-state index in [1.54, 1.807) is 24.4 Å². The highest BCUT2D eigenvalue weighted by molar-refractivity contribution is 5.94. The number of aromatic carboxylic acids is 1. The summed E-state index contributed by atoms with van der Waals surface area (Å²) in [5.41, 5.74) is 3.92. The molecule has 1 N–H and O–H groups in total. The van der Waals surface area contributed by atoms with E-state index in [1.165, 1.54) is 19.2 Å². The first kappa shape index (κ1) is 22.4. The molecule has 1 saturated heterocycles. The lowest BCUT2D eigenvalue weighted by Crippen LogP contribution is -2.26. The largest absolute Gasteiger partial charge is 0.496 e. The summed E-state index contributed by atoms with van der Waals surface area (Å²) in [6, 6.07) is 15.9. The Morgan fingerprint density at radius 3 is 2.66 bits per heavy atom. The number of pyridine rings is 1. The smallest absolute Gasteiger partial charge is 0.335 e. The first-order valence-corrected chi connectivity index (χ1v) is 11.2. The van der Waals surface area contributed by atoms with E-state index in [0.717, 1.165) is 24.0 Å². The zero-order valence-corrected chi connectivity index (χ0v) is 19.0. The molecule has 2 aromatic heterocycles. The predicted octanol–water partition coefficient (Wildman–Crippen LogP) is 5.30. The third kappa shape index (κ3) is 4.42. The molecule has 0 spiro atoms. The van der Waals surface area contributed by atoms with Crippen LogP contribution in [0.1, 0.15) is 28.8 Å². The van der Waals surface area contributed by atoms with Gasteiger partial charge in [-0.05, 0) is 42.0 Å². The van der Waals surface area contributed by atoms with E-state index >= 15 is 0 Å². The summed E-state index contributed by atoms with van der Waals surface area (Å²) in [5, 5.41) is 19.0. The van der Waals surface area contributed by atoms with Crippen molar-refractivity contribution in [3.05, 3.63) is 65.9 Å². The van der Waals surface area contributed by atoms with Gasteiger partial charge in [-0.1, -0.05) is 6.07 Å². The van der Waals surface area contributed by atoms with Crippen molar-refractivity contribution >= 4 is 17.1 Å². The van der Waals surface area contributed by atoms with Gasteiger partial charge in [-0.3, -0.25) is 4.98 Å². The molecule has 0 bridgehead atoms. The van der Waals surface area contributed by atoms with Crippen LogP contribution in [0.5, 0.6) is 11.5 Å². The third-order valence-electron chi connectivity index (χ3n) is 6.00. The van der Waals surface area contributed by atoms with Gasteiger partial charge < -0.3 is 23.7 Å². The Bertz CT molecular complexity index is 1450. The first-order valence-electron chi connectivity index (χ1n) is 11.2. The molecule has 1 aliphatic rings. The lowest BCUT2D eigenvalue weighted by Gasteiger charge is -2.23. The molecule has 8 heteroatoms. The van der Waals surface area contributed by atoms with E-state index in [-0.39, 0.29) is 11.7 Å². The van der Waals surface area contributed by atoms with E-state index in [1.807, 2.05) is 18.2 Å². The highest BCUT2D eigenvalue weighted by Gasteiger charge is 2.20. The average molecular weight is 470 g/mol. The topological polar surface area (TPSA) is 115 Å². The number of nitrogens with zero attached hydrogens (tertiary/aromatic N) is 2. The lowest BCUT2D eigenvalue weighted by atomic mass is 10.0. The minimum atomic E-state index is -1.04. The molecular weight excluding hydrogens is 448 g/mol. The van der Waals surface area contributed by atoms with Crippen LogP contribution >= 0.6 is 0 Å². The Morgan fingerprint density at radius 1 is 1.09 bits per heavy atom. The van der Waals surface area contributed by atoms with Crippen LogP contribution in [0.2, 0.25) is 0 Å². The number of furan rings is 1. The molecule has 0 aliphatic carbocycles. The van der Waals surface area contributed by atoms with E-state index in [4.69, 9.17) is 18.6 Å². The number of carboxylic acid groups (broad SMARTS) is 1. The van der Waals surface area contributed by atoms with E-state index in [0.29, 0.717) is 52.7 Å². The molecule has 0 amide bonds. The minimum Gasteiger partial charge on any atom is -0.496 e. The summed E-state index contributed by atoms with van der Waals surface area (Å²) < 4.78 is 23.1. The molecule has 1 aliphatic heterocycles. The second-order valence-corrected chi connectivity index (χ2v) is 8.16. The maximum atomic E-state index is 11.3. The number of methoxy groups -OCH3 is 1. The summed E-state index contributed by atoms with van der Waals surface area (Å²) in [5.74, 6) is 0.387. The highest BCUT2D eigenvalue weighted by Crippen LogP contribution is 2.38. The van der Waals surface area contributed by atoms with Crippen LogP contribution in [0.3, 0.4) is 0 Å². The Labute approximate surface area is 201 Å². The van der Waals surface area contributed by atoms with Crippen molar-refractivity contribution in [1.29, 1.82) is 5.26 Å². The average Bonchev–Trinajstić information content (AvgIpc) is 3.33. The van der Waals surface area contributed by atoms with Crippen LogP contribution in [-0.2, 0) is 4.74 Å². The van der Waals surface area contributed by atoms with Crippen molar-refractivity contribution in [1.82, 2.24) is 4.98 Å². The Morgan fingerprint density at radius 2 is 1.91 bits per heavy atom. The summed E-state index contributed by atoms with van der Waals surface area (Å²) in [7, 11) is 1.48. The molecule has 1 fully saturated rings. The minimum absolute atomic E-state index is 0.0319. The van der Waals surface area contributed by atoms with Crippen molar-refractivity contribution in [2.75, 3.05) is 20.3 Å². The van der Waals surface area contributed by atoms with Crippen LogP contribution in [0.15, 0.2) is 59.1 Å². The van der Waals surface area contributed by atoms with Crippen LogP contribution in [0.25, 0.3) is 33.6 Å². The molecule has 4 aromatic rings. The van der Waals surface area contributed by atoms with Gasteiger partial charge in [0.25, 0.3) is 0 Å². The highest BCUT2D eigenvalue weighted by atomic mass is 16.5. The van der Waals surface area contributed by atoms with Crippen molar-refractivity contribution < 1.29 is 28.5 Å². The summed E-state index contributed by atoms with van der Waals surface area (Å²) >= 11 is 0. The predicted molar refractivity (Wildman–Crippen MR) is 128 cm³/mol. The van der Waals surface area contributed by atoms with Gasteiger partial charge in [-0.25, -0.2) is 4.79 Å². The number of hydrogen-bond donors (Lipinski definition) is 1. The van der Waals surface area contributed by atoms with Crippen LogP contribution in [-0.4, -0.2) is 42.5 Å². The van der Waals surface area contributed by atoms with E-state index < -0.39 is 5.97 Å². The van der Waals surface area contributed by atoms with Gasteiger partial charge in [-0.15, -0.1) is 0 Å². The van der Waals surface area contributed by atoms with Gasteiger partial charge in [0.1, 0.15) is 34.9 Å². The van der Waals surface area contributed by atoms with Gasteiger partial charge in [0.2, 0.25) is 0 Å². The van der Waals surface area contributed by atoms with Gasteiger partial charge >= 0.3 is 5.97 Å². The lowest BCUT2D eigenvalue weighted by molar-refractivity contribution is 0.0254. The van der Waals surface area contributed by atoms with Crippen molar-refractivity contribution in [2.24, 2.45) is 0 Å². The van der Waals surface area contributed by atoms with Crippen LogP contribution < -0.4 is 9.47 Å². The fourth-order valence-corrected chi connectivity index (χ4v) is 4.19. The number of fused-ring (bicyclic) bond motifs is 1. The number of aromatic nitrogens is 1. The number of carboxylic acids is 1. The SMILES string of the molecule is COc1cc(C(=O)O)ccc1-c1cc2nccc(-c3ccc(OC4CCOCC4)c(C#N)c3)c2o1. The van der Waals surface area contributed by atoms with E-state index in [9.17, 15) is 15.2 Å². The molecule has 35 heavy (non-hydrogen) atoms. The molecule has 176 valence electrons. The maximum absolute atomic E-state index is 11.3. The number of rotatable bonds is 6. The summed E-state index contributed by atoms with van der Waals surface area (Å²) in [4.78, 5) is 15.7. The normalized spacial score (nSPS) is 13.9. The number of ether oxygens (including phenoxy) is 3. The zero-order chi connectivity index (χ0) is 24.4. The molecule has 0 unspecified atom stereocenters. The quantitative estimate of drug-likeness (QED) is 0.404. The summed E-state index contributed by atoms with van der Waals surface area (Å²) in [6.45, 7) is 1.31. The standard InChI is InChI=1S/C27H22N2O6/c1-32-24-13-17(27(30)31)2-4-21(24)25-14-22-26(35-25)20(6-9-29-22)16-3-5-23(18(12-16)15-28)34-19-7-10-33-11-8-19/h2-6,9,12-14,19H,7-8,10-11H2,1H3,(H,30,31). The summed E-state index contributed by atoms with van der Waals surface area (Å²) in [6.07, 6.45) is 3.30. The fraction of sp³-hybridized carbons (Fsp3) is 0.222. The van der Waals surface area contributed by atoms with Gasteiger partial charge in [0, 0.05) is 30.7 Å². The first-order chi connectivity index (χ1) is 17.1. The number of benzene rings is 2. The number of hydrogen-bond acceptors (Lipinski definition) is 7. The molecule has 3 heterocycles. The van der Waals surface area contributed by atoms with Crippen molar-refractivity contribution in [2.45, 2.75) is 18.9 Å². The van der Waals surface area contributed by atoms with E-state index in [2.05, 4.69) is 11.1 Å². The molecule has 8 nitrogen and oxygen atoms in total. The number of carbonyl (C=O) groups is 1. The van der Waals surface area contributed by atoms with Gasteiger partial charge in [0.05, 0.1) is 37.0 Å². The molecule has 0 saturated carbocycles. The third-order valence-corrected chi connectivity index (χ3v) is 6.00. The van der Waals surface area contributed by atoms with Crippen molar-refractivity contribution in [3.63, 3.8) is 0 Å². The zero-order valence-electron chi connectivity index (χ0n) is 19.0. The van der Waals surface area contributed by atoms with Gasteiger partial charge in [0.15, 0.2) is 5.58 Å². The molecule has 0 radical (unpaired) electrons. The Hall–Kier alpha value is -4.35. The number of nitriles is 1. The second kappa shape index (κ2) is 9.49. The fourth-order valence-electron chi connectivity index (χ4n) is 4.19. The monoisotopic (exact) mass is 470 g/mol. The van der Waals surface area contributed by atoms with Gasteiger partial charge in [-0.2, -0.15) is 5.26 Å². The van der Waals surface area contributed by atoms with Crippen LogP contribution in [0.4, 0.5) is 0 Å². The second-order valence-electron chi connectivity index (χ2n) is 8.16. The molecule has 0 atom stereocenters. The Balaban J connectivity index is 1.53. The van der Waals surface area contributed by atoms with Crippen LogP contribution in [0, 0.1) is 11.3 Å².